The largest absolute Gasteiger partial charge is 0.377 e. The van der Waals surface area contributed by atoms with Crippen molar-refractivity contribution in [1.82, 2.24) is 10.2 Å². The third-order valence-electron chi connectivity index (χ3n) is 3.17. The highest BCUT2D eigenvalue weighted by atomic mass is 79.9. The Morgan fingerprint density at radius 3 is 2.62 bits per heavy atom. The molecular formula is C15H18BrN3O2. The molecule has 1 heterocycles. The molecule has 3 amide bonds. The molecule has 0 aromatic heterocycles. The number of hydrogen-bond donors (Lipinski definition) is 1. The van der Waals surface area contributed by atoms with Gasteiger partial charge in [0.05, 0.1) is 5.69 Å². The van der Waals surface area contributed by atoms with Crippen LogP contribution < -0.4 is 10.2 Å². The smallest absolute Gasteiger partial charge is 0.329 e. The van der Waals surface area contributed by atoms with Gasteiger partial charge >= 0.3 is 6.03 Å². The van der Waals surface area contributed by atoms with Crippen molar-refractivity contribution in [2.45, 2.75) is 13.3 Å². The standard InChI is InChI=1S/C15H18BrN3O2/c1-4-7-19-14(20)12(17-15(19)21)9-10-5-6-13(18(2)3)11(16)8-10/h5-6,8-9H,4,7H2,1-3H3,(H,17,21)/b12-9+. The van der Waals surface area contributed by atoms with E-state index in [9.17, 15) is 9.59 Å². The summed E-state index contributed by atoms with van der Waals surface area (Å²) < 4.78 is 0.934. The monoisotopic (exact) mass is 351 g/mol. The molecule has 0 bridgehead atoms. The Kier molecular flexibility index (Phi) is 4.67. The Hall–Kier alpha value is -1.82. The Labute approximate surface area is 132 Å². The molecule has 0 aliphatic carbocycles. The molecule has 21 heavy (non-hydrogen) atoms. The fourth-order valence-corrected chi connectivity index (χ4v) is 2.89. The molecule has 6 heteroatoms. The zero-order valence-electron chi connectivity index (χ0n) is 12.3. The molecule has 1 saturated heterocycles. The van der Waals surface area contributed by atoms with Gasteiger partial charge in [0, 0.05) is 25.1 Å². The second kappa shape index (κ2) is 6.30. The maximum atomic E-state index is 12.1. The highest BCUT2D eigenvalue weighted by molar-refractivity contribution is 9.10. The van der Waals surface area contributed by atoms with Gasteiger partial charge in [-0.2, -0.15) is 0 Å². The lowest BCUT2D eigenvalue weighted by Gasteiger charge is -2.14. The summed E-state index contributed by atoms with van der Waals surface area (Å²) in [6.45, 7) is 2.37. The summed E-state index contributed by atoms with van der Waals surface area (Å²) in [5, 5.41) is 2.62. The van der Waals surface area contributed by atoms with E-state index in [0.29, 0.717) is 12.2 Å². The predicted octanol–water partition coefficient (Wildman–Crippen LogP) is 2.82. The van der Waals surface area contributed by atoms with Gasteiger partial charge in [-0.15, -0.1) is 0 Å². The molecule has 0 saturated carbocycles. The molecule has 1 fully saturated rings. The summed E-state index contributed by atoms with van der Waals surface area (Å²) >= 11 is 3.51. The van der Waals surface area contributed by atoms with Crippen molar-refractivity contribution >= 4 is 39.6 Å². The minimum Gasteiger partial charge on any atom is -0.377 e. The number of urea groups is 1. The van der Waals surface area contributed by atoms with E-state index >= 15 is 0 Å². The summed E-state index contributed by atoms with van der Waals surface area (Å²) in [5.74, 6) is -0.269. The summed E-state index contributed by atoms with van der Waals surface area (Å²) in [6, 6.07) is 5.44. The first-order valence-electron chi connectivity index (χ1n) is 6.75. The van der Waals surface area contributed by atoms with Gasteiger partial charge in [0.25, 0.3) is 5.91 Å². The third-order valence-corrected chi connectivity index (χ3v) is 3.81. The minimum absolute atomic E-state index is 0.269. The Morgan fingerprint density at radius 2 is 2.05 bits per heavy atom. The van der Waals surface area contributed by atoms with Crippen molar-refractivity contribution in [3.63, 3.8) is 0 Å². The number of halogens is 1. The van der Waals surface area contributed by atoms with Crippen LogP contribution in [0.1, 0.15) is 18.9 Å². The molecule has 5 nitrogen and oxygen atoms in total. The van der Waals surface area contributed by atoms with E-state index in [1.165, 1.54) is 4.90 Å². The first-order valence-corrected chi connectivity index (χ1v) is 7.54. The molecule has 0 spiro atoms. The number of benzene rings is 1. The van der Waals surface area contributed by atoms with E-state index in [2.05, 4.69) is 21.2 Å². The van der Waals surface area contributed by atoms with Crippen LogP contribution in [0, 0.1) is 0 Å². The van der Waals surface area contributed by atoms with E-state index in [4.69, 9.17) is 0 Å². The van der Waals surface area contributed by atoms with Gasteiger partial charge in [-0.1, -0.05) is 13.0 Å². The number of carbonyl (C=O) groups excluding carboxylic acids is 2. The average Bonchev–Trinajstić information content (AvgIpc) is 2.66. The average molecular weight is 352 g/mol. The van der Waals surface area contributed by atoms with E-state index in [1.54, 1.807) is 6.08 Å². The number of rotatable bonds is 4. The van der Waals surface area contributed by atoms with Gasteiger partial charge in [0.2, 0.25) is 0 Å². The Bertz CT molecular complexity index is 611. The van der Waals surface area contributed by atoms with Crippen LogP contribution in [0.4, 0.5) is 10.5 Å². The lowest BCUT2D eigenvalue weighted by atomic mass is 10.1. The molecular weight excluding hydrogens is 334 g/mol. The molecule has 0 atom stereocenters. The van der Waals surface area contributed by atoms with Crippen LogP contribution in [-0.4, -0.2) is 37.5 Å². The lowest BCUT2D eigenvalue weighted by molar-refractivity contribution is -0.122. The number of imide groups is 1. The summed E-state index contributed by atoms with van der Waals surface area (Å²) in [5.41, 5.74) is 2.22. The number of hydrogen-bond acceptors (Lipinski definition) is 3. The van der Waals surface area contributed by atoms with Gasteiger partial charge in [-0.3, -0.25) is 9.69 Å². The summed E-state index contributed by atoms with van der Waals surface area (Å²) in [4.78, 5) is 27.1. The predicted molar refractivity (Wildman–Crippen MR) is 87.0 cm³/mol. The van der Waals surface area contributed by atoms with Gasteiger partial charge in [0.1, 0.15) is 5.70 Å². The molecule has 1 aromatic rings. The number of amides is 3. The molecule has 0 unspecified atom stereocenters. The molecule has 1 aliphatic heterocycles. The number of nitrogens with one attached hydrogen (secondary N) is 1. The molecule has 1 N–H and O–H groups in total. The fourth-order valence-electron chi connectivity index (χ4n) is 2.14. The van der Waals surface area contributed by atoms with Crippen LogP contribution in [0.15, 0.2) is 28.4 Å². The highest BCUT2D eigenvalue weighted by Crippen LogP contribution is 2.27. The van der Waals surface area contributed by atoms with Crippen LogP contribution in [0.3, 0.4) is 0 Å². The molecule has 1 aliphatic rings. The highest BCUT2D eigenvalue weighted by Gasteiger charge is 2.32. The lowest BCUT2D eigenvalue weighted by Crippen LogP contribution is -2.31. The SMILES string of the molecule is CCCN1C(=O)N/C(=C/c2ccc(N(C)C)c(Br)c2)C1=O. The zero-order chi connectivity index (χ0) is 15.6. The van der Waals surface area contributed by atoms with Gasteiger partial charge in [0.15, 0.2) is 0 Å². The van der Waals surface area contributed by atoms with Crippen molar-refractivity contribution in [3.05, 3.63) is 33.9 Å². The molecule has 0 radical (unpaired) electrons. The number of anilines is 1. The van der Waals surface area contributed by atoms with Gasteiger partial charge < -0.3 is 10.2 Å². The maximum Gasteiger partial charge on any atom is 0.329 e. The zero-order valence-corrected chi connectivity index (χ0v) is 13.9. The Balaban J connectivity index is 2.27. The Morgan fingerprint density at radius 1 is 1.33 bits per heavy atom. The van der Waals surface area contributed by atoms with Crippen molar-refractivity contribution in [3.8, 4) is 0 Å². The van der Waals surface area contributed by atoms with Crippen molar-refractivity contribution in [2.24, 2.45) is 0 Å². The normalized spacial score (nSPS) is 16.6. The fraction of sp³-hybridized carbons (Fsp3) is 0.333. The van der Waals surface area contributed by atoms with Crippen molar-refractivity contribution < 1.29 is 9.59 Å². The van der Waals surface area contributed by atoms with Crippen LogP contribution in [-0.2, 0) is 4.79 Å². The van der Waals surface area contributed by atoms with E-state index in [0.717, 1.165) is 22.1 Å². The first kappa shape index (κ1) is 15.6. The molecule has 1 aromatic carbocycles. The molecule has 2 rings (SSSR count). The van der Waals surface area contributed by atoms with Crippen molar-refractivity contribution in [2.75, 3.05) is 25.5 Å². The summed E-state index contributed by atoms with van der Waals surface area (Å²) in [7, 11) is 3.92. The molecule has 112 valence electrons. The van der Waals surface area contributed by atoms with Crippen LogP contribution in [0.2, 0.25) is 0 Å². The van der Waals surface area contributed by atoms with E-state index < -0.39 is 0 Å². The quantitative estimate of drug-likeness (QED) is 0.670. The van der Waals surface area contributed by atoms with E-state index in [1.807, 2.05) is 44.1 Å². The van der Waals surface area contributed by atoms with E-state index in [-0.39, 0.29) is 11.9 Å². The van der Waals surface area contributed by atoms with Crippen LogP contribution in [0.25, 0.3) is 6.08 Å². The van der Waals surface area contributed by atoms with Crippen molar-refractivity contribution in [1.29, 1.82) is 0 Å². The number of nitrogens with zero attached hydrogens (tertiary/aromatic N) is 2. The van der Waals surface area contributed by atoms with Crippen LogP contribution in [0.5, 0.6) is 0 Å². The second-order valence-electron chi connectivity index (χ2n) is 5.05. The number of carbonyl (C=O) groups is 2. The third kappa shape index (κ3) is 3.26. The van der Waals surface area contributed by atoms with Gasteiger partial charge in [-0.05, 0) is 46.1 Å². The first-order chi connectivity index (χ1) is 9.93. The van der Waals surface area contributed by atoms with Crippen LogP contribution >= 0.6 is 15.9 Å². The summed E-state index contributed by atoms with van der Waals surface area (Å²) in [6.07, 6.45) is 2.44. The topological polar surface area (TPSA) is 52.7 Å². The second-order valence-corrected chi connectivity index (χ2v) is 5.90. The minimum atomic E-state index is -0.350. The van der Waals surface area contributed by atoms with Gasteiger partial charge in [-0.25, -0.2) is 4.79 Å². The maximum absolute atomic E-state index is 12.1.